The number of carbonyl (C=O) groups is 3. The number of thiazole rings is 1. The van der Waals surface area contributed by atoms with E-state index >= 15 is 0 Å². The molecule has 0 fully saturated rings. The molecule has 2 aromatic rings. The van der Waals surface area contributed by atoms with Crippen LogP contribution in [0.2, 0.25) is 0 Å². The van der Waals surface area contributed by atoms with Gasteiger partial charge in [0.25, 0.3) is 5.91 Å². The third kappa shape index (κ3) is 4.43. The summed E-state index contributed by atoms with van der Waals surface area (Å²) in [4.78, 5) is 41.0. The number of nitrogens with zero attached hydrogens (tertiary/aromatic N) is 1. The van der Waals surface area contributed by atoms with Crippen molar-refractivity contribution >= 4 is 34.2 Å². The predicted octanol–water partition coefficient (Wildman–Crippen LogP) is 1.43. The summed E-state index contributed by atoms with van der Waals surface area (Å²) in [6.07, 6.45) is 2.30. The number of hydrogen-bond donors (Lipinski definition) is 3. The number of aromatic nitrogens is 1. The Morgan fingerprint density at radius 1 is 1.30 bits per heavy atom. The molecule has 1 unspecified atom stereocenters. The summed E-state index contributed by atoms with van der Waals surface area (Å²) in [6, 6.07) is 6.76. The van der Waals surface area contributed by atoms with E-state index < -0.39 is 11.8 Å². The van der Waals surface area contributed by atoms with Gasteiger partial charge in [-0.15, -0.1) is 11.3 Å². The van der Waals surface area contributed by atoms with Crippen LogP contribution in [0.4, 0.5) is 5.13 Å². The molecular weight excluding hydrogens is 368 g/mol. The standard InChI is InChI=1S/C18H20N4O4S/c1-26-11-7-5-10(6-8-11)16(24)22-18-21-15-12(3-2-4-13(15)27-18)17(25)20-9-14(19)23/h5-8,12H,2-4,9H2,1H3,(H2,19,23)(H,20,25)(H,21,22,24). The van der Waals surface area contributed by atoms with Gasteiger partial charge in [-0.2, -0.15) is 0 Å². The van der Waals surface area contributed by atoms with Crippen LogP contribution in [0.25, 0.3) is 0 Å². The fourth-order valence-electron chi connectivity index (χ4n) is 2.94. The number of benzene rings is 1. The SMILES string of the molecule is COc1ccc(C(=O)Nc2nc3c(s2)CCCC3C(=O)NCC(N)=O)cc1. The normalized spacial score (nSPS) is 15.5. The lowest BCUT2D eigenvalue weighted by molar-refractivity contribution is -0.126. The minimum Gasteiger partial charge on any atom is -0.497 e. The number of ether oxygens (including phenoxy) is 1. The number of carbonyl (C=O) groups excluding carboxylic acids is 3. The molecule has 0 radical (unpaired) electrons. The van der Waals surface area contributed by atoms with E-state index in [1.807, 2.05) is 0 Å². The van der Waals surface area contributed by atoms with Crippen molar-refractivity contribution in [1.29, 1.82) is 0 Å². The van der Waals surface area contributed by atoms with Crippen LogP contribution in [-0.2, 0) is 16.0 Å². The van der Waals surface area contributed by atoms with E-state index in [4.69, 9.17) is 10.5 Å². The van der Waals surface area contributed by atoms with Gasteiger partial charge in [0.1, 0.15) is 5.75 Å². The zero-order valence-corrected chi connectivity index (χ0v) is 15.6. The van der Waals surface area contributed by atoms with E-state index in [9.17, 15) is 14.4 Å². The zero-order chi connectivity index (χ0) is 19.4. The Hall–Kier alpha value is -2.94. The number of amides is 3. The molecule has 3 rings (SSSR count). The van der Waals surface area contributed by atoms with Crippen molar-refractivity contribution in [2.24, 2.45) is 5.73 Å². The Morgan fingerprint density at radius 2 is 2.04 bits per heavy atom. The summed E-state index contributed by atoms with van der Waals surface area (Å²) in [5.41, 5.74) is 6.23. The Bertz CT molecular complexity index is 863. The van der Waals surface area contributed by atoms with Crippen molar-refractivity contribution in [2.45, 2.75) is 25.2 Å². The first-order valence-corrected chi connectivity index (χ1v) is 9.30. The second kappa shape index (κ2) is 8.17. The summed E-state index contributed by atoms with van der Waals surface area (Å²) < 4.78 is 5.08. The van der Waals surface area contributed by atoms with E-state index in [1.165, 1.54) is 11.3 Å². The first-order chi connectivity index (χ1) is 13.0. The number of nitrogens with one attached hydrogen (secondary N) is 2. The minimum atomic E-state index is -0.592. The molecule has 4 N–H and O–H groups in total. The van der Waals surface area contributed by atoms with Crippen LogP contribution in [-0.4, -0.2) is 36.4 Å². The third-order valence-electron chi connectivity index (χ3n) is 4.28. The average molecular weight is 388 g/mol. The van der Waals surface area contributed by atoms with Crippen LogP contribution in [0.3, 0.4) is 0 Å². The summed E-state index contributed by atoms with van der Waals surface area (Å²) in [7, 11) is 1.56. The van der Waals surface area contributed by atoms with Gasteiger partial charge >= 0.3 is 0 Å². The van der Waals surface area contributed by atoms with E-state index in [0.29, 0.717) is 28.6 Å². The van der Waals surface area contributed by atoms with Crippen molar-refractivity contribution in [3.63, 3.8) is 0 Å². The maximum absolute atomic E-state index is 12.4. The summed E-state index contributed by atoms with van der Waals surface area (Å²) in [6.45, 7) is -0.199. The van der Waals surface area contributed by atoms with Crippen molar-refractivity contribution in [3.05, 3.63) is 40.4 Å². The highest BCUT2D eigenvalue weighted by Crippen LogP contribution is 2.37. The van der Waals surface area contributed by atoms with Gasteiger partial charge in [-0.1, -0.05) is 0 Å². The Morgan fingerprint density at radius 3 is 2.70 bits per heavy atom. The van der Waals surface area contributed by atoms with Gasteiger partial charge < -0.3 is 15.8 Å². The van der Waals surface area contributed by atoms with Gasteiger partial charge in [-0.3, -0.25) is 19.7 Å². The van der Waals surface area contributed by atoms with Crippen LogP contribution in [0, 0.1) is 0 Å². The average Bonchev–Trinajstić information content (AvgIpc) is 3.08. The Labute approximate surface area is 160 Å². The molecule has 1 aromatic heterocycles. The van der Waals surface area contributed by atoms with Crippen molar-refractivity contribution in [3.8, 4) is 5.75 Å². The van der Waals surface area contributed by atoms with Gasteiger partial charge in [0.2, 0.25) is 11.8 Å². The molecule has 8 nitrogen and oxygen atoms in total. The van der Waals surface area contributed by atoms with Gasteiger partial charge in [-0.25, -0.2) is 4.98 Å². The highest BCUT2D eigenvalue weighted by Gasteiger charge is 2.30. The molecule has 27 heavy (non-hydrogen) atoms. The number of hydrogen-bond acceptors (Lipinski definition) is 6. The van der Waals surface area contributed by atoms with Crippen LogP contribution < -0.4 is 21.1 Å². The third-order valence-corrected chi connectivity index (χ3v) is 5.33. The molecule has 1 heterocycles. The molecule has 1 atom stereocenters. The highest BCUT2D eigenvalue weighted by atomic mass is 32.1. The largest absolute Gasteiger partial charge is 0.497 e. The monoisotopic (exact) mass is 388 g/mol. The van der Waals surface area contributed by atoms with Crippen molar-refractivity contribution in [2.75, 3.05) is 19.0 Å². The predicted molar refractivity (Wildman–Crippen MR) is 101 cm³/mol. The molecule has 0 saturated carbocycles. The topological polar surface area (TPSA) is 123 Å². The molecule has 0 bridgehead atoms. The molecule has 0 aliphatic heterocycles. The van der Waals surface area contributed by atoms with Gasteiger partial charge in [-0.05, 0) is 43.5 Å². The summed E-state index contributed by atoms with van der Waals surface area (Å²) >= 11 is 1.37. The lowest BCUT2D eigenvalue weighted by Crippen LogP contribution is -2.37. The first-order valence-electron chi connectivity index (χ1n) is 8.49. The number of fused-ring (bicyclic) bond motifs is 1. The lowest BCUT2D eigenvalue weighted by Gasteiger charge is -2.19. The second-order valence-corrected chi connectivity index (χ2v) is 7.22. The van der Waals surface area contributed by atoms with E-state index in [2.05, 4.69) is 15.6 Å². The number of rotatable bonds is 6. The number of aryl methyl sites for hydroxylation is 1. The van der Waals surface area contributed by atoms with E-state index in [-0.39, 0.29) is 18.4 Å². The molecule has 3 amide bonds. The molecule has 1 aromatic carbocycles. The van der Waals surface area contributed by atoms with Gasteiger partial charge in [0.15, 0.2) is 5.13 Å². The molecule has 0 spiro atoms. The van der Waals surface area contributed by atoms with Crippen LogP contribution in [0.1, 0.15) is 39.7 Å². The summed E-state index contributed by atoms with van der Waals surface area (Å²) in [5, 5.41) is 5.77. The molecule has 1 aliphatic rings. The number of anilines is 1. The van der Waals surface area contributed by atoms with Crippen molar-refractivity contribution < 1.29 is 19.1 Å². The maximum atomic E-state index is 12.4. The fourth-order valence-corrected chi connectivity index (χ4v) is 4.00. The van der Waals surface area contributed by atoms with Crippen molar-refractivity contribution in [1.82, 2.24) is 10.3 Å². The Balaban J connectivity index is 1.72. The molecule has 1 aliphatic carbocycles. The van der Waals surface area contributed by atoms with Gasteiger partial charge in [0, 0.05) is 10.4 Å². The number of methoxy groups -OCH3 is 1. The molecular formula is C18H20N4O4S. The van der Waals surface area contributed by atoms with Crippen LogP contribution >= 0.6 is 11.3 Å². The fraction of sp³-hybridized carbons (Fsp3) is 0.333. The highest BCUT2D eigenvalue weighted by molar-refractivity contribution is 7.15. The van der Waals surface area contributed by atoms with Crippen LogP contribution in [0.15, 0.2) is 24.3 Å². The number of primary amides is 1. The van der Waals surface area contributed by atoms with Gasteiger partial charge in [0.05, 0.1) is 25.3 Å². The molecule has 142 valence electrons. The first kappa shape index (κ1) is 18.8. The second-order valence-electron chi connectivity index (χ2n) is 6.14. The molecule has 9 heteroatoms. The van der Waals surface area contributed by atoms with E-state index in [0.717, 1.165) is 17.7 Å². The zero-order valence-electron chi connectivity index (χ0n) is 14.8. The number of nitrogens with two attached hydrogens (primary N) is 1. The lowest BCUT2D eigenvalue weighted by atomic mass is 9.90. The smallest absolute Gasteiger partial charge is 0.257 e. The maximum Gasteiger partial charge on any atom is 0.257 e. The minimum absolute atomic E-state index is 0.199. The quantitative estimate of drug-likeness (QED) is 0.691. The Kier molecular flexibility index (Phi) is 5.70. The van der Waals surface area contributed by atoms with E-state index in [1.54, 1.807) is 31.4 Å². The summed E-state index contributed by atoms with van der Waals surface area (Å²) in [5.74, 6) is -0.909. The molecule has 0 saturated heterocycles. The van der Waals surface area contributed by atoms with Crippen LogP contribution in [0.5, 0.6) is 5.75 Å².